The Balaban J connectivity index is 1.87. The van der Waals surface area contributed by atoms with Crippen LogP contribution >= 0.6 is 0 Å². The Morgan fingerprint density at radius 2 is 1.21 bits per heavy atom. The lowest BCUT2D eigenvalue weighted by Gasteiger charge is -2.19. The summed E-state index contributed by atoms with van der Waals surface area (Å²) >= 11 is 0. The van der Waals surface area contributed by atoms with Gasteiger partial charge in [0, 0.05) is 21.7 Å². The van der Waals surface area contributed by atoms with Crippen LogP contribution in [0.4, 0.5) is 0 Å². The zero-order valence-electron chi connectivity index (χ0n) is 17.1. The number of nitrogens with zero attached hydrogens (tertiary/aromatic N) is 2. The van der Waals surface area contributed by atoms with Gasteiger partial charge in [-0.1, -0.05) is 36.4 Å². The molecule has 1 aliphatic carbocycles. The molecule has 0 spiro atoms. The normalized spacial score (nSPS) is 11.6. The number of aromatic hydroxyl groups is 1. The van der Waals surface area contributed by atoms with E-state index in [4.69, 9.17) is 5.41 Å². The summed E-state index contributed by atoms with van der Waals surface area (Å²) in [5.41, 5.74) is -0.397. The third-order valence-corrected chi connectivity index (χ3v) is 6.05. The van der Waals surface area contributed by atoms with Crippen molar-refractivity contribution in [3.8, 4) is 28.4 Å². The highest BCUT2D eigenvalue weighted by molar-refractivity contribution is 6.15. The SMILES string of the molecule is N=c1cc2c(=O)n(-c3ccccc3)c(=O)c3ccc4c(O)n(-c5ccccc5)c(=O)c1c4c3-2. The molecule has 0 atom stereocenters. The van der Waals surface area contributed by atoms with Crippen LogP contribution in [0.1, 0.15) is 0 Å². The second kappa shape index (κ2) is 6.61. The molecule has 0 fully saturated rings. The van der Waals surface area contributed by atoms with E-state index in [1.807, 2.05) is 0 Å². The maximum atomic E-state index is 13.5. The Morgan fingerprint density at radius 1 is 0.636 bits per heavy atom. The molecule has 7 nitrogen and oxygen atoms in total. The van der Waals surface area contributed by atoms with Crippen molar-refractivity contribution in [2.24, 2.45) is 0 Å². The van der Waals surface area contributed by atoms with Crippen LogP contribution in [-0.2, 0) is 0 Å². The molecule has 0 saturated heterocycles. The zero-order chi connectivity index (χ0) is 22.9. The van der Waals surface area contributed by atoms with Crippen molar-refractivity contribution in [2.75, 3.05) is 0 Å². The smallest absolute Gasteiger partial charge is 0.268 e. The first kappa shape index (κ1) is 18.9. The molecule has 0 unspecified atom stereocenters. The molecule has 158 valence electrons. The van der Waals surface area contributed by atoms with Crippen LogP contribution in [0.2, 0.25) is 0 Å². The van der Waals surface area contributed by atoms with Crippen molar-refractivity contribution in [1.82, 2.24) is 9.13 Å². The summed E-state index contributed by atoms with van der Waals surface area (Å²) in [6.07, 6.45) is 0. The topological polar surface area (TPSA) is 105 Å². The molecule has 2 heterocycles. The van der Waals surface area contributed by atoms with E-state index in [0.717, 1.165) is 9.13 Å². The lowest BCUT2D eigenvalue weighted by Crippen LogP contribution is -2.35. The Kier molecular flexibility index (Phi) is 3.79. The second-order valence-electron chi connectivity index (χ2n) is 7.84. The molecule has 0 radical (unpaired) electrons. The lowest BCUT2D eigenvalue weighted by molar-refractivity contribution is 0.443. The molecule has 0 bridgehead atoms. The zero-order valence-corrected chi connectivity index (χ0v) is 17.1. The maximum Gasteiger partial charge on any atom is 0.268 e. The molecule has 0 amide bonds. The minimum Gasteiger partial charge on any atom is -0.494 e. The standard InChI is InChI=1S/C26H15N3O4/c27-19-13-18-20-16(23(30)28(25(18)32)14-7-3-1-4-8-14)11-12-17-21(20)22(19)26(33)29(24(17)31)15-9-5-2-6-10-15/h1-13,27,31H. The van der Waals surface area contributed by atoms with E-state index < -0.39 is 16.7 Å². The predicted octanol–water partition coefficient (Wildman–Crippen LogP) is 2.82. The van der Waals surface area contributed by atoms with E-state index in [-0.39, 0.29) is 43.9 Å². The molecular formula is C26H15N3O4. The van der Waals surface area contributed by atoms with E-state index in [1.54, 1.807) is 72.8 Å². The van der Waals surface area contributed by atoms with Crippen LogP contribution in [0.25, 0.3) is 44.0 Å². The van der Waals surface area contributed by atoms with Crippen molar-refractivity contribution < 1.29 is 5.11 Å². The number of aromatic nitrogens is 2. The summed E-state index contributed by atoms with van der Waals surface area (Å²) < 4.78 is 2.21. The number of hydrogen-bond donors (Lipinski definition) is 2. The van der Waals surface area contributed by atoms with Crippen LogP contribution in [0, 0.1) is 5.41 Å². The molecule has 0 saturated carbocycles. The van der Waals surface area contributed by atoms with E-state index in [1.165, 1.54) is 6.07 Å². The molecule has 1 aromatic heterocycles. The van der Waals surface area contributed by atoms with Crippen molar-refractivity contribution in [3.05, 3.63) is 115 Å². The monoisotopic (exact) mass is 433 g/mol. The van der Waals surface area contributed by atoms with Crippen molar-refractivity contribution in [2.45, 2.75) is 0 Å². The summed E-state index contributed by atoms with van der Waals surface area (Å²) in [4.78, 5) is 40.2. The van der Waals surface area contributed by atoms with Gasteiger partial charge in [0.05, 0.1) is 27.7 Å². The first-order valence-electron chi connectivity index (χ1n) is 10.2. The van der Waals surface area contributed by atoms with Gasteiger partial charge in [-0.2, -0.15) is 0 Å². The van der Waals surface area contributed by atoms with Gasteiger partial charge in [-0.25, -0.2) is 9.13 Å². The Morgan fingerprint density at radius 3 is 1.85 bits per heavy atom. The van der Waals surface area contributed by atoms with E-state index >= 15 is 0 Å². The van der Waals surface area contributed by atoms with Gasteiger partial charge in [-0.15, -0.1) is 0 Å². The van der Waals surface area contributed by atoms with Crippen molar-refractivity contribution >= 4 is 21.5 Å². The largest absolute Gasteiger partial charge is 0.494 e. The molecule has 4 aromatic rings. The van der Waals surface area contributed by atoms with Gasteiger partial charge in [0.1, 0.15) is 0 Å². The second-order valence-corrected chi connectivity index (χ2v) is 7.84. The number of pyridine rings is 2. The van der Waals surface area contributed by atoms with E-state index in [2.05, 4.69) is 0 Å². The predicted molar refractivity (Wildman–Crippen MR) is 125 cm³/mol. The lowest BCUT2D eigenvalue weighted by atomic mass is 9.90. The van der Waals surface area contributed by atoms with Gasteiger partial charge < -0.3 is 10.5 Å². The van der Waals surface area contributed by atoms with Crippen LogP contribution in [0.15, 0.2) is 93.2 Å². The average molecular weight is 433 g/mol. The summed E-state index contributed by atoms with van der Waals surface area (Å²) in [6.45, 7) is 0. The highest BCUT2D eigenvalue weighted by atomic mass is 16.3. The highest BCUT2D eigenvalue weighted by Gasteiger charge is 2.27. The summed E-state index contributed by atoms with van der Waals surface area (Å²) in [5, 5.41) is 20.3. The molecular weight excluding hydrogens is 418 g/mol. The minimum atomic E-state index is -0.592. The van der Waals surface area contributed by atoms with Gasteiger partial charge in [0.25, 0.3) is 16.7 Å². The minimum absolute atomic E-state index is 0.0426. The number of hydrogen-bond acceptors (Lipinski definition) is 5. The average Bonchev–Trinajstić information content (AvgIpc) is 2.83. The number of rotatable bonds is 2. The van der Waals surface area contributed by atoms with Crippen molar-refractivity contribution in [1.29, 1.82) is 5.41 Å². The maximum absolute atomic E-state index is 13.5. The Hall–Kier alpha value is -4.78. The fourth-order valence-corrected chi connectivity index (χ4v) is 4.61. The van der Waals surface area contributed by atoms with Crippen LogP contribution in [0.3, 0.4) is 0 Å². The number of benzene rings is 4. The summed E-state index contributed by atoms with van der Waals surface area (Å²) in [7, 11) is 0. The molecule has 1 aliphatic heterocycles. The van der Waals surface area contributed by atoms with Gasteiger partial charge >= 0.3 is 0 Å². The first-order chi connectivity index (χ1) is 16.0. The molecule has 33 heavy (non-hydrogen) atoms. The van der Waals surface area contributed by atoms with E-state index in [0.29, 0.717) is 11.4 Å². The number of para-hydroxylation sites is 2. The molecule has 7 heteroatoms. The Labute approximate surface area is 185 Å². The molecule has 2 N–H and O–H groups in total. The fraction of sp³-hybridized carbons (Fsp3) is 0. The quantitative estimate of drug-likeness (QED) is 0.410. The van der Waals surface area contributed by atoms with Gasteiger partial charge in [-0.05, 0) is 42.5 Å². The van der Waals surface area contributed by atoms with Crippen LogP contribution in [0.5, 0.6) is 5.88 Å². The molecule has 6 rings (SSSR count). The van der Waals surface area contributed by atoms with Crippen LogP contribution in [-0.4, -0.2) is 14.2 Å². The molecule has 3 aromatic carbocycles. The van der Waals surface area contributed by atoms with Gasteiger partial charge in [0.2, 0.25) is 5.88 Å². The Bertz CT molecular complexity index is 1890. The van der Waals surface area contributed by atoms with Gasteiger partial charge in [-0.3, -0.25) is 14.4 Å². The summed E-state index contributed by atoms with van der Waals surface area (Å²) in [5.74, 6) is -0.313. The third-order valence-electron chi connectivity index (χ3n) is 6.05. The van der Waals surface area contributed by atoms with Crippen molar-refractivity contribution in [3.63, 3.8) is 0 Å². The fourth-order valence-electron chi connectivity index (χ4n) is 4.61. The molecule has 2 aliphatic rings. The highest BCUT2D eigenvalue weighted by Crippen LogP contribution is 2.37. The summed E-state index contributed by atoms with van der Waals surface area (Å²) in [6, 6.07) is 21.6. The third kappa shape index (κ3) is 2.44. The van der Waals surface area contributed by atoms with E-state index in [9.17, 15) is 19.5 Å². The van der Waals surface area contributed by atoms with Gasteiger partial charge in [0.15, 0.2) is 0 Å². The first-order valence-corrected chi connectivity index (χ1v) is 10.2. The van der Waals surface area contributed by atoms with Crippen LogP contribution < -0.4 is 22.0 Å². The number of nitrogens with one attached hydrogen (secondary N) is 1.